The maximum atomic E-state index is 12.6. The van der Waals surface area contributed by atoms with Crippen LogP contribution < -0.4 is 14.8 Å². The second-order valence-corrected chi connectivity index (χ2v) is 8.65. The number of carbonyl (C=O) groups is 1. The predicted molar refractivity (Wildman–Crippen MR) is 102 cm³/mol. The van der Waals surface area contributed by atoms with Crippen LogP contribution >= 0.6 is 11.6 Å². The summed E-state index contributed by atoms with van der Waals surface area (Å²) in [5.74, 6) is 0.633. The SMILES string of the molecule is CN(C)S(=O)(=O)c1ccc(Cl)c(C(=O)Nc2ccc3c(c2)OCCCO3)c1. The average Bonchev–Trinajstić information content (AvgIpc) is 2.86. The molecule has 0 aliphatic carbocycles. The van der Waals surface area contributed by atoms with E-state index in [1.165, 1.54) is 32.3 Å². The minimum Gasteiger partial charge on any atom is -0.490 e. The maximum Gasteiger partial charge on any atom is 0.257 e. The Balaban J connectivity index is 1.87. The van der Waals surface area contributed by atoms with Crippen molar-refractivity contribution in [3.8, 4) is 11.5 Å². The van der Waals surface area contributed by atoms with E-state index in [0.29, 0.717) is 30.4 Å². The van der Waals surface area contributed by atoms with Gasteiger partial charge in [0.15, 0.2) is 11.5 Å². The molecule has 144 valence electrons. The number of hydrogen-bond donors (Lipinski definition) is 1. The summed E-state index contributed by atoms with van der Waals surface area (Å²) in [5.41, 5.74) is 0.549. The molecule has 1 aliphatic heterocycles. The first-order valence-electron chi connectivity index (χ1n) is 8.22. The lowest BCUT2D eigenvalue weighted by molar-refractivity contribution is 0.102. The van der Waals surface area contributed by atoms with Crippen molar-refractivity contribution in [2.24, 2.45) is 0 Å². The van der Waals surface area contributed by atoms with Crippen molar-refractivity contribution in [3.05, 3.63) is 47.0 Å². The highest BCUT2D eigenvalue weighted by atomic mass is 35.5. The molecule has 0 saturated carbocycles. The topological polar surface area (TPSA) is 84.9 Å². The van der Waals surface area contributed by atoms with Crippen LogP contribution in [-0.2, 0) is 10.0 Å². The first-order chi connectivity index (χ1) is 12.8. The van der Waals surface area contributed by atoms with Gasteiger partial charge in [0.1, 0.15) is 0 Å². The molecule has 0 unspecified atom stereocenters. The molecule has 0 fully saturated rings. The zero-order chi connectivity index (χ0) is 19.6. The van der Waals surface area contributed by atoms with E-state index in [2.05, 4.69) is 5.32 Å². The lowest BCUT2D eigenvalue weighted by Gasteiger charge is -2.14. The minimum absolute atomic E-state index is 0.0132. The Kier molecular flexibility index (Phi) is 5.59. The largest absolute Gasteiger partial charge is 0.490 e. The van der Waals surface area contributed by atoms with E-state index in [4.69, 9.17) is 21.1 Å². The van der Waals surface area contributed by atoms with Crippen LogP contribution in [0, 0.1) is 0 Å². The number of halogens is 1. The van der Waals surface area contributed by atoms with Crippen molar-refractivity contribution in [1.82, 2.24) is 4.31 Å². The van der Waals surface area contributed by atoms with Crippen LogP contribution in [0.4, 0.5) is 5.69 Å². The van der Waals surface area contributed by atoms with Crippen molar-refractivity contribution in [1.29, 1.82) is 0 Å². The van der Waals surface area contributed by atoms with E-state index in [9.17, 15) is 13.2 Å². The van der Waals surface area contributed by atoms with Gasteiger partial charge in [-0.15, -0.1) is 0 Å². The Morgan fingerprint density at radius 3 is 2.48 bits per heavy atom. The number of amides is 1. The number of hydrogen-bond acceptors (Lipinski definition) is 5. The molecular weight excluding hydrogens is 392 g/mol. The lowest BCUT2D eigenvalue weighted by atomic mass is 10.2. The number of anilines is 1. The molecule has 0 atom stereocenters. The molecule has 1 aliphatic rings. The van der Waals surface area contributed by atoms with Crippen molar-refractivity contribution in [2.45, 2.75) is 11.3 Å². The fraction of sp³-hybridized carbons (Fsp3) is 0.278. The van der Waals surface area contributed by atoms with E-state index < -0.39 is 15.9 Å². The molecule has 0 saturated heterocycles. The third-order valence-electron chi connectivity index (χ3n) is 3.97. The Labute approximate surface area is 162 Å². The molecule has 0 bridgehead atoms. The van der Waals surface area contributed by atoms with Crippen LogP contribution in [0.1, 0.15) is 16.8 Å². The Bertz CT molecular complexity index is 976. The molecule has 7 nitrogen and oxygen atoms in total. The highest BCUT2D eigenvalue weighted by molar-refractivity contribution is 7.89. The van der Waals surface area contributed by atoms with Crippen molar-refractivity contribution in [3.63, 3.8) is 0 Å². The molecule has 9 heteroatoms. The van der Waals surface area contributed by atoms with Crippen LogP contribution in [0.15, 0.2) is 41.3 Å². The minimum atomic E-state index is -3.68. The normalized spacial score (nSPS) is 13.9. The second kappa shape index (κ2) is 7.75. The number of fused-ring (bicyclic) bond motifs is 1. The van der Waals surface area contributed by atoms with E-state index >= 15 is 0 Å². The lowest BCUT2D eigenvalue weighted by Crippen LogP contribution is -2.23. The molecule has 0 radical (unpaired) electrons. The molecule has 1 heterocycles. The summed E-state index contributed by atoms with van der Waals surface area (Å²) in [6.07, 6.45) is 0.777. The number of carbonyl (C=O) groups excluding carboxylic acids is 1. The fourth-order valence-electron chi connectivity index (χ4n) is 2.49. The summed E-state index contributed by atoms with van der Waals surface area (Å²) in [4.78, 5) is 12.6. The van der Waals surface area contributed by atoms with Gasteiger partial charge in [-0.3, -0.25) is 4.79 Å². The van der Waals surface area contributed by atoms with Gasteiger partial charge in [-0.25, -0.2) is 12.7 Å². The van der Waals surface area contributed by atoms with Crippen molar-refractivity contribution in [2.75, 3.05) is 32.6 Å². The standard InChI is InChI=1S/C18H19ClN2O5S/c1-21(2)27(23,24)13-5-6-15(19)14(11-13)18(22)20-12-4-7-16-17(10-12)26-9-3-8-25-16/h4-7,10-11H,3,8-9H2,1-2H3,(H,20,22). The molecule has 0 aromatic heterocycles. The van der Waals surface area contributed by atoms with Crippen LogP contribution in [0.3, 0.4) is 0 Å². The van der Waals surface area contributed by atoms with Crippen LogP contribution in [0.2, 0.25) is 5.02 Å². The van der Waals surface area contributed by atoms with Gasteiger partial charge in [0, 0.05) is 32.3 Å². The first kappa shape index (κ1) is 19.5. The monoisotopic (exact) mass is 410 g/mol. The zero-order valence-electron chi connectivity index (χ0n) is 14.9. The van der Waals surface area contributed by atoms with Crippen molar-refractivity contribution < 1.29 is 22.7 Å². The van der Waals surface area contributed by atoms with Gasteiger partial charge >= 0.3 is 0 Å². The number of ether oxygens (including phenoxy) is 2. The molecule has 27 heavy (non-hydrogen) atoms. The second-order valence-electron chi connectivity index (χ2n) is 6.10. The molecule has 2 aromatic carbocycles. The highest BCUT2D eigenvalue weighted by Crippen LogP contribution is 2.32. The van der Waals surface area contributed by atoms with Gasteiger partial charge in [0.05, 0.1) is 28.7 Å². The highest BCUT2D eigenvalue weighted by Gasteiger charge is 2.21. The number of nitrogens with one attached hydrogen (secondary N) is 1. The van der Waals surface area contributed by atoms with Crippen LogP contribution in [0.5, 0.6) is 11.5 Å². The van der Waals surface area contributed by atoms with E-state index in [-0.39, 0.29) is 15.5 Å². The van der Waals surface area contributed by atoms with E-state index in [1.54, 1.807) is 18.2 Å². The molecular formula is C18H19ClN2O5S. The van der Waals surface area contributed by atoms with E-state index in [1.807, 2.05) is 0 Å². The molecule has 1 amide bonds. The van der Waals surface area contributed by atoms with Gasteiger partial charge in [-0.2, -0.15) is 0 Å². The van der Waals surface area contributed by atoms with E-state index in [0.717, 1.165) is 10.7 Å². The van der Waals surface area contributed by atoms with Gasteiger partial charge in [0.2, 0.25) is 10.0 Å². The maximum absolute atomic E-state index is 12.6. The van der Waals surface area contributed by atoms with Gasteiger partial charge in [-0.1, -0.05) is 11.6 Å². The van der Waals surface area contributed by atoms with Crippen LogP contribution in [0.25, 0.3) is 0 Å². The molecule has 1 N–H and O–H groups in total. The smallest absolute Gasteiger partial charge is 0.257 e. The third kappa shape index (κ3) is 4.18. The van der Waals surface area contributed by atoms with Crippen LogP contribution in [-0.4, -0.2) is 45.9 Å². The fourth-order valence-corrected chi connectivity index (χ4v) is 3.62. The summed E-state index contributed by atoms with van der Waals surface area (Å²) in [6.45, 7) is 1.10. The number of sulfonamides is 1. The number of nitrogens with zero attached hydrogens (tertiary/aromatic N) is 1. The van der Waals surface area contributed by atoms with Gasteiger partial charge < -0.3 is 14.8 Å². The number of rotatable bonds is 4. The number of benzene rings is 2. The average molecular weight is 411 g/mol. The Hall–Kier alpha value is -2.29. The zero-order valence-corrected chi connectivity index (χ0v) is 16.4. The molecule has 3 rings (SSSR count). The quantitative estimate of drug-likeness (QED) is 0.837. The Morgan fingerprint density at radius 1 is 1.07 bits per heavy atom. The first-order valence-corrected chi connectivity index (χ1v) is 10.0. The summed E-state index contributed by atoms with van der Waals surface area (Å²) >= 11 is 6.11. The molecule has 0 spiro atoms. The Morgan fingerprint density at radius 2 is 1.78 bits per heavy atom. The molecule has 2 aromatic rings. The third-order valence-corrected chi connectivity index (χ3v) is 6.11. The van der Waals surface area contributed by atoms with Gasteiger partial charge in [-0.05, 0) is 30.3 Å². The van der Waals surface area contributed by atoms with Gasteiger partial charge in [0.25, 0.3) is 5.91 Å². The summed E-state index contributed by atoms with van der Waals surface area (Å²) in [6, 6.07) is 9.07. The summed E-state index contributed by atoms with van der Waals surface area (Å²) in [5, 5.41) is 2.86. The predicted octanol–water partition coefficient (Wildman–Crippen LogP) is 3.00. The summed E-state index contributed by atoms with van der Waals surface area (Å²) < 4.78 is 36.8. The summed E-state index contributed by atoms with van der Waals surface area (Å²) in [7, 11) is -0.844. The van der Waals surface area contributed by atoms with Crippen molar-refractivity contribution >= 4 is 33.2 Å².